The van der Waals surface area contributed by atoms with E-state index in [1.165, 1.54) is 0 Å². The van der Waals surface area contributed by atoms with Gasteiger partial charge in [-0.2, -0.15) is 0 Å². The van der Waals surface area contributed by atoms with Gasteiger partial charge >= 0.3 is 0 Å². The van der Waals surface area contributed by atoms with E-state index in [9.17, 15) is 4.39 Å². The molecule has 1 aromatic carbocycles. The molecule has 0 fully saturated rings. The van der Waals surface area contributed by atoms with Crippen LogP contribution in [0, 0.1) is 0 Å². The Labute approximate surface area is 89.4 Å². The SMILES string of the molecule is NCC(F)c1cc2cc(Br)ccc2[nH]1. The van der Waals surface area contributed by atoms with Crippen molar-refractivity contribution in [2.24, 2.45) is 5.73 Å². The lowest BCUT2D eigenvalue weighted by molar-refractivity contribution is 0.346. The maximum absolute atomic E-state index is 13.2. The normalized spacial score (nSPS) is 13.4. The van der Waals surface area contributed by atoms with Gasteiger partial charge in [0.2, 0.25) is 0 Å². The van der Waals surface area contributed by atoms with Gasteiger partial charge in [0.05, 0.1) is 5.69 Å². The first kappa shape index (κ1) is 9.68. The lowest BCUT2D eigenvalue weighted by atomic mass is 10.2. The molecule has 14 heavy (non-hydrogen) atoms. The van der Waals surface area contributed by atoms with E-state index in [1.807, 2.05) is 18.2 Å². The summed E-state index contributed by atoms with van der Waals surface area (Å²) in [6, 6.07) is 7.56. The Hall–Kier alpha value is -0.870. The second kappa shape index (κ2) is 3.71. The summed E-state index contributed by atoms with van der Waals surface area (Å²) in [5, 5.41) is 0.991. The van der Waals surface area contributed by atoms with Crippen LogP contribution in [0.1, 0.15) is 11.9 Å². The first-order chi connectivity index (χ1) is 6.70. The molecule has 4 heteroatoms. The van der Waals surface area contributed by atoms with Gasteiger partial charge in [-0.05, 0) is 24.3 Å². The Morgan fingerprint density at radius 3 is 2.93 bits per heavy atom. The summed E-state index contributed by atoms with van der Waals surface area (Å²) in [5.41, 5.74) is 6.72. The van der Waals surface area contributed by atoms with Crippen LogP contribution in [0.4, 0.5) is 4.39 Å². The van der Waals surface area contributed by atoms with Crippen LogP contribution in [0.5, 0.6) is 0 Å². The predicted octanol–water partition coefficient (Wildman–Crippen LogP) is 2.90. The third-order valence-corrected chi connectivity index (χ3v) is 2.64. The maximum Gasteiger partial charge on any atom is 0.152 e. The molecular weight excluding hydrogens is 247 g/mol. The number of halogens is 2. The van der Waals surface area contributed by atoms with Crippen LogP contribution in [0.3, 0.4) is 0 Å². The lowest BCUT2D eigenvalue weighted by Gasteiger charge is -1.99. The third-order valence-electron chi connectivity index (χ3n) is 2.15. The topological polar surface area (TPSA) is 41.8 Å². The zero-order valence-corrected chi connectivity index (χ0v) is 9.01. The summed E-state index contributed by atoms with van der Waals surface area (Å²) in [7, 11) is 0. The van der Waals surface area contributed by atoms with Crippen molar-refractivity contribution in [3.8, 4) is 0 Å². The van der Waals surface area contributed by atoms with Gasteiger partial charge < -0.3 is 10.7 Å². The molecule has 0 bridgehead atoms. The Bertz CT molecular complexity index is 452. The highest BCUT2D eigenvalue weighted by Crippen LogP contribution is 2.24. The van der Waals surface area contributed by atoms with Gasteiger partial charge in [0.15, 0.2) is 6.17 Å². The lowest BCUT2D eigenvalue weighted by Crippen LogP contribution is -2.07. The van der Waals surface area contributed by atoms with Gasteiger partial charge in [-0.25, -0.2) is 4.39 Å². The first-order valence-electron chi connectivity index (χ1n) is 4.33. The number of nitrogens with one attached hydrogen (secondary N) is 1. The molecule has 1 heterocycles. The summed E-state index contributed by atoms with van der Waals surface area (Å²) in [4.78, 5) is 3.00. The van der Waals surface area contributed by atoms with Gasteiger partial charge in [-0.1, -0.05) is 15.9 Å². The van der Waals surface area contributed by atoms with Gasteiger partial charge in [0.1, 0.15) is 0 Å². The van der Waals surface area contributed by atoms with E-state index in [2.05, 4.69) is 20.9 Å². The van der Waals surface area contributed by atoms with E-state index < -0.39 is 6.17 Å². The summed E-state index contributed by atoms with van der Waals surface area (Å²) in [6.45, 7) is 0.00793. The number of rotatable bonds is 2. The average molecular weight is 257 g/mol. The van der Waals surface area contributed by atoms with E-state index in [-0.39, 0.29) is 6.54 Å². The third kappa shape index (κ3) is 1.67. The molecule has 74 valence electrons. The maximum atomic E-state index is 13.2. The van der Waals surface area contributed by atoms with Crippen molar-refractivity contribution in [2.45, 2.75) is 6.17 Å². The summed E-state index contributed by atoms with van der Waals surface area (Å²) in [6.07, 6.45) is -1.11. The summed E-state index contributed by atoms with van der Waals surface area (Å²) >= 11 is 3.36. The molecule has 0 aliphatic carbocycles. The van der Waals surface area contributed by atoms with E-state index in [4.69, 9.17) is 5.73 Å². The molecule has 2 rings (SSSR count). The fraction of sp³-hybridized carbons (Fsp3) is 0.200. The van der Waals surface area contributed by atoms with Crippen molar-refractivity contribution >= 4 is 26.8 Å². The molecule has 1 atom stereocenters. The van der Waals surface area contributed by atoms with E-state index in [0.29, 0.717) is 5.69 Å². The van der Waals surface area contributed by atoms with Crippen LogP contribution in [0.25, 0.3) is 10.9 Å². The standard InChI is InChI=1S/C10H10BrFN2/c11-7-1-2-9-6(3-7)4-10(14-9)8(12)5-13/h1-4,8,14H,5,13H2. The van der Waals surface area contributed by atoms with Gasteiger partial charge in [-0.3, -0.25) is 0 Å². The van der Waals surface area contributed by atoms with Crippen LogP contribution < -0.4 is 5.73 Å². The highest BCUT2D eigenvalue weighted by molar-refractivity contribution is 9.10. The Balaban J connectivity index is 2.51. The van der Waals surface area contributed by atoms with Crippen LogP contribution >= 0.6 is 15.9 Å². The minimum Gasteiger partial charge on any atom is -0.356 e. The number of aromatic nitrogens is 1. The van der Waals surface area contributed by atoms with Crippen molar-refractivity contribution in [2.75, 3.05) is 6.54 Å². The molecule has 0 saturated carbocycles. The molecule has 0 aliphatic heterocycles. The highest BCUT2D eigenvalue weighted by atomic mass is 79.9. The summed E-state index contributed by atoms with van der Waals surface area (Å²) < 4.78 is 14.2. The van der Waals surface area contributed by atoms with Crippen LogP contribution in [-0.4, -0.2) is 11.5 Å². The molecule has 2 aromatic rings. The first-order valence-corrected chi connectivity index (χ1v) is 5.12. The number of benzene rings is 1. The Morgan fingerprint density at radius 1 is 1.43 bits per heavy atom. The highest BCUT2D eigenvalue weighted by Gasteiger charge is 2.10. The van der Waals surface area contributed by atoms with Gasteiger partial charge in [0.25, 0.3) is 0 Å². The molecule has 2 nitrogen and oxygen atoms in total. The van der Waals surface area contributed by atoms with Crippen molar-refractivity contribution in [3.63, 3.8) is 0 Å². The molecule has 1 unspecified atom stereocenters. The van der Waals surface area contributed by atoms with Crippen LogP contribution in [0.2, 0.25) is 0 Å². The van der Waals surface area contributed by atoms with Crippen molar-refractivity contribution < 1.29 is 4.39 Å². The molecule has 1 aromatic heterocycles. The number of aromatic amines is 1. The number of H-pyrrole nitrogens is 1. The Kier molecular flexibility index (Phi) is 2.56. The Morgan fingerprint density at radius 2 is 2.21 bits per heavy atom. The van der Waals surface area contributed by atoms with Crippen molar-refractivity contribution in [1.29, 1.82) is 0 Å². The quantitative estimate of drug-likeness (QED) is 0.853. The molecule has 0 amide bonds. The number of fused-ring (bicyclic) bond motifs is 1. The average Bonchev–Trinajstić information content (AvgIpc) is 2.59. The zero-order valence-electron chi connectivity index (χ0n) is 7.43. The van der Waals surface area contributed by atoms with Crippen LogP contribution in [0.15, 0.2) is 28.7 Å². The summed E-state index contributed by atoms with van der Waals surface area (Å²) in [5.74, 6) is 0. The van der Waals surface area contributed by atoms with E-state index >= 15 is 0 Å². The number of nitrogens with two attached hydrogens (primary N) is 1. The zero-order chi connectivity index (χ0) is 10.1. The smallest absolute Gasteiger partial charge is 0.152 e. The van der Waals surface area contributed by atoms with Crippen molar-refractivity contribution in [3.05, 3.63) is 34.4 Å². The molecule has 0 spiro atoms. The number of hydrogen-bond acceptors (Lipinski definition) is 1. The number of alkyl halides is 1. The van der Waals surface area contributed by atoms with Crippen LogP contribution in [-0.2, 0) is 0 Å². The number of hydrogen-bond donors (Lipinski definition) is 2. The monoisotopic (exact) mass is 256 g/mol. The molecule has 0 saturated heterocycles. The molecule has 3 N–H and O–H groups in total. The second-order valence-electron chi connectivity index (χ2n) is 3.16. The fourth-order valence-electron chi connectivity index (χ4n) is 1.42. The van der Waals surface area contributed by atoms with Gasteiger partial charge in [0, 0.05) is 21.9 Å². The van der Waals surface area contributed by atoms with E-state index in [1.54, 1.807) is 6.07 Å². The minimum absolute atomic E-state index is 0.00793. The molecular formula is C10H10BrFN2. The second-order valence-corrected chi connectivity index (χ2v) is 4.08. The molecule has 0 aliphatic rings. The van der Waals surface area contributed by atoms with E-state index in [0.717, 1.165) is 15.4 Å². The van der Waals surface area contributed by atoms with Crippen molar-refractivity contribution in [1.82, 2.24) is 4.98 Å². The largest absolute Gasteiger partial charge is 0.356 e. The fourth-order valence-corrected chi connectivity index (χ4v) is 1.80. The molecule has 0 radical (unpaired) electrons. The van der Waals surface area contributed by atoms with Gasteiger partial charge in [-0.15, -0.1) is 0 Å². The minimum atomic E-state index is -1.11. The predicted molar refractivity (Wildman–Crippen MR) is 58.9 cm³/mol.